The number of pyridine rings is 1. The SMILES string of the molecule is CCOC(=O)Cc1nc(OC(F)(F)F)c(CBr)cc1C(F)(F)F. The van der Waals surface area contributed by atoms with E-state index in [9.17, 15) is 31.1 Å². The van der Waals surface area contributed by atoms with Crippen molar-refractivity contribution in [2.24, 2.45) is 0 Å². The summed E-state index contributed by atoms with van der Waals surface area (Å²) in [5.74, 6) is -2.10. The number of hydrogen-bond donors (Lipinski definition) is 0. The molecule has 4 nitrogen and oxygen atoms in total. The van der Waals surface area contributed by atoms with Crippen molar-refractivity contribution in [3.8, 4) is 5.88 Å². The van der Waals surface area contributed by atoms with Crippen LogP contribution in [0.2, 0.25) is 0 Å². The third-order valence-electron chi connectivity index (χ3n) is 2.42. The summed E-state index contributed by atoms with van der Waals surface area (Å²) in [6.07, 6.45) is -11.0. The molecular weight excluding hydrogens is 400 g/mol. The zero-order chi connectivity index (χ0) is 17.8. The average molecular weight is 410 g/mol. The number of carbonyl (C=O) groups excluding carboxylic acids is 1. The van der Waals surface area contributed by atoms with E-state index in [1.807, 2.05) is 0 Å². The van der Waals surface area contributed by atoms with Crippen LogP contribution in [0.4, 0.5) is 26.3 Å². The maximum atomic E-state index is 13.0. The van der Waals surface area contributed by atoms with E-state index in [0.29, 0.717) is 6.07 Å². The van der Waals surface area contributed by atoms with Gasteiger partial charge in [0.15, 0.2) is 0 Å². The van der Waals surface area contributed by atoms with Gasteiger partial charge in [0, 0.05) is 10.9 Å². The largest absolute Gasteiger partial charge is 0.574 e. The smallest absolute Gasteiger partial charge is 0.466 e. The molecule has 0 saturated carbocycles. The van der Waals surface area contributed by atoms with Gasteiger partial charge in [0.2, 0.25) is 5.88 Å². The Labute approximate surface area is 134 Å². The maximum Gasteiger partial charge on any atom is 0.574 e. The summed E-state index contributed by atoms with van der Waals surface area (Å²) in [6.45, 7) is 1.34. The van der Waals surface area contributed by atoms with Gasteiger partial charge >= 0.3 is 18.5 Å². The third-order valence-corrected chi connectivity index (χ3v) is 3.02. The Bertz CT molecular complexity index is 573. The molecule has 0 spiro atoms. The topological polar surface area (TPSA) is 48.4 Å². The van der Waals surface area contributed by atoms with Crippen LogP contribution in [0.15, 0.2) is 6.07 Å². The fraction of sp³-hybridized carbons (Fsp3) is 0.500. The van der Waals surface area contributed by atoms with E-state index in [1.165, 1.54) is 6.92 Å². The molecule has 0 aliphatic rings. The minimum atomic E-state index is -5.13. The number of esters is 1. The first kappa shape index (κ1) is 19.5. The molecule has 0 radical (unpaired) electrons. The quantitative estimate of drug-likeness (QED) is 0.419. The van der Waals surface area contributed by atoms with Gasteiger partial charge in [-0.15, -0.1) is 13.2 Å². The van der Waals surface area contributed by atoms with E-state index in [-0.39, 0.29) is 11.9 Å². The third kappa shape index (κ3) is 5.88. The second kappa shape index (κ2) is 7.37. The summed E-state index contributed by atoms with van der Waals surface area (Å²) in [4.78, 5) is 14.6. The van der Waals surface area contributed by atoms with Gasteiger partial charge in [-0.1, -0.05) is 15.9 Å². The maximum absolute atomic E-state index is 13.0. The average Bonchev–Trinajstić information content (AvgIpc) is 2.35. The second-order valence-electron chi connectivity index (χ2n) is 4.11. The molecule has 0 aromatic carbocycles. The number of aromatic nitrogens is 1. The Morgan fingerprint density at radius 2 is 1.87 bits per heavy atom. The lowest BCUT2D eigenvalue weighted by Gasteiger charge is -2.17. The molecule has 11 heteroatoms. The highest BCUT2D eigenvalue weighted by Gasteiger charge is 2.38. The van der Waals surface area contributed by atoms with Crippen molar-refractivity contribution in [2.75, 3.05) is 6.61 Å². The summed E-state index contributed by atoms with van der Waals surface area (Å²) in [5.41, 5.74) is -2.68. The number of halogens is 7. The molecule has 0 bridgehead atoms. The van der Waals surface area contributed by atoms with Crippen LogP contribution >= 0.6 is 15.9 Å². The van der Waals surface area contributed by atoms with Gasteiger partial charge in [-0.05, 0) is 13.0 Å². The van der Waals surface area contributed by atoms with Gasteiger partial charge in [0.05, 0.1) is 24.3 Å². The van der Waals surface area contributed by atoms with E-state index < -0.39 is 47.6 Å². The van der Waals surface area contributed by atoms with Crippen molar-refractivity contribution in [1.29, 1.82) is 0 Å². The van der Waals surface area contributed by atoms with Crippen molar-refractivity contribution < 1.29 is 40.6 Å². The zero-order valence-electron chi connectivity index (χ0n) is 11.5. The molecule has 0 N–H and O–H groups in total. The number of alkyl halides is 7. The van der Waals surface area contributed by atoms with Gasteiger partial charge in [0.1, 0.15) is 0 Å². The molecule has 130 valence electrons. The highest BCUT2D eigenvalue weighted by molar-refractivity contribution is 9.08. The summed E-state index contributed by atoms with van der Waals surface area (Å²) >= 11 is 2.77. The van der Waals surface area contributed by atoms with Gasteiger partial charge < -0.3 is 9.47 Å². The molecule has 23 heavy (non-hydrogen) atoms. The van der Waals surface area contributed by atoms with E-state index in [1.54, 1.807) is 0 Å². The van der Waals surface area contributed by atoms with Crippen LogP contribution in [0, 0.1) is 0 Å². The monoisotopic (exact) mass is 409 g/mol. The standard InChI is InChI=1S/C12H10BrF6NO3/c1-2-22-9(21)4-8-7(11(14,15)16)3-6(5-13)10(20-8)23-12(17,18)19/h3H,2,4-5H2,1H3. The van der Waals surface area contributed by atoms with Crippen molar-refractivity contribution >= 4 is 21.9 Å². The molecule has 0 aliphatic carbocycles. The summed E-state index contributed by atoms with van der Waals surface area (Å²) in [6, 6.07) is 0.456. The Kier molecular flexibility index (Phi) is 6.25. The fourth-order valence-corrected chi connectivity index (χ4v) is 2.00. The van der Waals surface area contributed by atoms with E-state index in [4.69, 9.17) is 0 Å². The van der Waals surface area contributed by atoms with E-state index in [0.717, 1.165) is 0 Å². The molecular formula is C12H10BrF6NO3. The van der Waals surface area contributed by atoms with Crippen LogP contribution in [-0.4, -0.2) is 23.9 Å². The van der Waals surface area contributed by atoms with Gasteiger partial charge in [0.25, 0.3) is 0 Å². The van der Waals surface area contributed by atoms with Crippen molar-refractivity contribution in [2.45, 2.75) is 31.2 Å². The lowest BCUT2D eigenvalue weighted by molar-refractivity contribution is -0.276. The summed E-state index contributed by atoms with van der Waals surface area (Å²) in [7, 11) is 0. The Balaban J connectivity index is 3.37. The van der Waals surface area contributed by atoms with Crippen molar-refractivity contribution in [3.05, 3.63) is 22.9 Å². The van der Waals surface area contributed by atoms with Gasteiger partial charge in [-0.2, -0.15) is 13.2 Å². The summed E-state index contributed by atoms with van der Waals surface area (Å²) in [5, 5.41) is -0.353. The summed E-state index contributed by atoms with van der Waals surface area (Å²) < 4.78 is 84.1. The van der Waals surface area contributed by atoms with Crippen LogP contribution in [-0.2, 0) is 27.5 Å². The second-order valence-corrected chi connectivity index (χ2v) is 4.67. The van der Waals surface area contributed by atoms with Crippen molar-refractivity contribution in [1.82, 2.24) is 4.98 Å². The zero-order valence-corrected chi connectivity index (χ0v) is 13.1. The minimum Gasteiger partial charge on any atom is -0.466 e. The predicted octanol–water partition coefficient (Wildman–Crippen LogP) is 4.00. The molecule has 0 fully saturated rings. The molecule has 0 unspecified atom stereocenters. The van der Waals surface area contributed by atoms with Crippen LogP contribution in [0.5, 0.6) is 5.88 Å². The van der Waals surface area contributed by atoms with Gasteiger partial charge in [-0.25, -0.2) is 4.98 Å². The first-order valence-corrected chi connectivity index (χ1v) is 7.17. The lowest BCUT2D eigenvalue weighted by atomic mass is 10.1. The number of ether oxygens (including phenoxy) is 2. The highest BCUT2D eigenvalue weighted by atomic mass is 79.9. The van der Waals surface area contributed by atoms with Crippen LogP contribution in [0.3, 0.4) is 0 Å². The number of hydrogen-bond acceptors (Lipinski definition) is 4. The van der Waals surface area contributed by atoms with Crippen LogP contribution in [0.25, 0.3) is 0 Å². The molecule has 1 aromatic rings. The number of rotatable bonds is 5. The van der Waals surface area contributed by atoms with Crippen LogP contribution < -0.4 is 4.74 Å². The molecule has 0 atom stereocenters. The molecule has 1 aromatic heterocycles. The predicted molar refractivity (Wildman–Crippen MR) is 68.9 cm³/mol. The van der Waals surface area contributed by atoms with Gasteiger partial charge in [-0.3, -0.25) is 4.79 Å². The Hall–Kier alpha value is -1.52. The fourth-order valence-electron chi connectivity index (χ4n) is 1.60. The molecule has 1 heterocycles. The Morgan fingerprint density at radius 1 is 1.26 bits per heavy atom. The minimum absolute atomic E-state index is 0.0917. The number of nitrogens with zero attached hydrogens (tertiary/aromatic N) is 1. The molecule has 0 saturated heterocycles. The van der Waals surface area contributed by atoms with E-state index in [2.05, 4.69) is 30.4 Å². The first-order chi connectivity index (χ1) is 10.5. The first-order valence-electron chi connectivity index (χ1n) is 6.05. The lowest BCUT2D eigenvalue weighted by Crippen LogP contribution is -2.22. The normalized spacial score (nSPS) is 12.2. The van der Waals surface area contributed by atoms with Crippen LogP contribution in [0.1, 0.15) is 23.7 Å². The number of carbonyl (C=O) groups is 1. The highest BCUT2D eigenvalue weighted by Crippen LogP contribution is 2.36. The van der Waals surface area contributed by atoms with E-state index >= 15 is 0 Å². The molecule has 1 rings (SSSR count). The Morgan fingerprint density at radius 3 is 2.30 bits per heavy atom. The molecule has 0 amide bonds. The molecule has 0 aliphatic heterocycles. The van der Waals surface area contributed by atoms with Crippen molar-refractivity contribution in [3.63, 3.8) is 0 Å².